The van der Waals surface area contributed by atoms with Crippen molar-refractivity contribution in [1.29, 1.82) is 0 Å². The van der Waals surface area contributed by atoms with Gasteiger partial charge < -0.3 is 9.80 Å². The van der Waals surface area contributed by atoms with Crippen molar-refractivity contribution in [2.45, 2.75) is 33.6 Å². The first-order valence-corrected chi connectivity index (χ1v) is 9.15. The molecule has 0 amide bonds. The van der Waals surface area contributed by atoms with Crippen LogP contribution in [0, 0.1) is 5.92 Å². The van der Waals surface area contributed by atoms with Crippen molar-refractivity contribution in [3.05, 3.63) is 36.4 Å². The van der Waals surface area contributed by atoms with E-state index in [1.54, 1.807) is 0 Å². The minimum atomic E-state index is 0.728. The molecule has 1 fully saturated rings. The molecule has 1 unspecified atom stereocenters. The van der Waals surface area contributed by atoms with Crippen LogP contribution in [0.2, 0.25) is 0 Å². The van der Waals surface area contributed by atoms with Gasteiger partial charge in [0.05, 0.1) is 5.69 Å². The van der Waals surface area contributed by atoms with Gasteiger partial charge in [-0.1, -0.05) is 37.3 Å². The molecule has 2 aromatic rings. The Balaban J connectivity index is 2.02. The van der Waals surface area contributed by atoms with Crippen molar-refractivity contribution < 1.29 is 0 Å². The Bertz CT molecular complexity index is 652. The highest BCUT2D eigenvalue weighted by Gasteiger charge is 2.20. The lowest BCUT2D eigenvalue weighted by Crippen LogP contribution is -2.35. The molecule has 128 valence electrons. The van der Waals surface area contributed by atoms with Gasteiger partial charge >= 0.3 is 0 Å². The maximum absolute atomic E-state index is 4.90. The summed E-state index contributed by atoms with van der Waals surface area (Å²) >= 11 is 0. The average Bonchev–Trinajstić information content (AvgIpc) is 2.63. The van der Waals surface area contributed by atoms with Crippen LogP contribution in [0.3, 0.4) is 0 Å². The summed E-state index contributed by atoms with van der Waals surface area (Å²) in [5.41, 5.74) is 2.17. The Labute approximate surface area is 145 Å². The Kier molecular flexibility index (Phi) is 5.34. The van der Waals surface area contributed by atoms with Crippen molar-refractivity contribution >= 4 is 11.8 Å². The molecule has 1 aliphatic heterocycles. The topological polar surface area (TPSA) is 32.3 Å². The fraction of sp³-hybridized carbons (Fsp3) is 0.500. The van der Waals surface area contributed by atoms with Gasteiger partial charge in [0.1, 0.15) is 5.82 Å². The van der Waals surface area contributed by atoms with Crippen molar-refractivity contribution in [3.8, 4) is 11.3 Å². The Morgan fingerprint density at radius 1 is 1.12 bits per heavy atom. The molecule has 1 atom stereocenters. The van der Waals surface area contributed by atoms with E-state index in [9.17, 15) is 0 Å². The second-order valence-corrected chi connectivity index (χ2v) is 6.64. The summed E-state index contributed by atoms with van der Waals surface area (Å²) in [5, 5.41) is 0. The molecule has 2 heterocycles. The highest BCUT2D eigenvalue weighted by Crippen LogP contribution is 2.27. The number of anilines is 2. The maximum Gasteiger partial charge on any atom is 0.227 e. The molecule has 0 saturated carbocycles. The lowest BCUT2D eigenvalue weighted by molar-refractivity contribution is 0.444. The third kappa shape index (κ3) is 3.69. The van der Waals surface area contributed by atoms with Gasteiger partial charge in [0.25, 0.3) is 0 Å². The minimum absolute atomic E-state index is 0.728. The second kappa shape index (κ2) is 7.65. The molecule has 1 saturated heterocycles. The van der Waals surface area contributed by atoms with E-state index in [1.807, 2.05) is 6.07 Å². The molecular formula is C20H28N4. The van der Waals surface area contributed by atoms with E-state index in [2.05, 4.69) is 60.9 Å². The van der Waals surface area contributed by atoms with Gasteiger partial charge in [-0.3, -0.25) is 0 Å². The highest BCUT2D eigenvalue weighted by molar-refractivity contribution is 5.65. The van der Waals surface area contributed by atoms with Crippen molar-refractivity contribution in [1.82, 2.24) is 9.97 Å². The number of aromatic nitrogens is 2. The zero-order chi connectivity index (χ0) is 16.9. The summed E-state index contributed by atoms with van der Waals surface area (Å²) in [6.45, 7) is 10.7. The number of piperidine rings is 1. The number of hydrogen-bond acceptors (Lipinski definition) is 4. The van der Waals surface area contributed by atoms with E-state index >= 15 is 0 Å². The van der Waals surface area contributed by atoms with Crippen LogP contribution < -0.4 is 9.80 Å². The third-order valence-corrected chi connectivity index (χ3v) is 4.80. The Hall–Kier alpha value is -2.10. The molecule has 4 nitrogen and oxygen atoms in total. The zero-order valence-electron chi connectivity index (χ0n) is 15.1. The Morgan fingerprint density at radius 2 is 1.88 bits per heavy atom. The standard InChI is InChI=1S/C20H28N4/c1-4-23(5-2)20-21-18(17-11-7-6-8-12-17)14-19(22-20)24-13-9-10-16(3)15-24/h6-8,11-12,14,16H,4-5,9-10,13,15H2,1-3H3. The van der Waals surface area contributed by atoms with Gasteiger partial charge in [0.15, 0.2) is 0 Å². The summed E-state index contributed by atoms with van der Waals surface area (Å²) in [6.07, 6.45) is 2.56. The SMILES string of the molecule is CCN(CC)c1nc(-c2ccccc2)cc(N2CCCC(C)C2)n1. The lowest BCUT2D eigenvalue weighted by Gasteiger charge is -2.32. The minimum Gasteiger partial charge on any atom is -0.356 e. The van der Waals surface area contributed by atoms with Crippen LogP contribution in [-0.4, -0.2) is 36.1 Å². The first-order valence-electron chi connectivity index (χ1n) is 9.15. The van der Waals surface area contributed by atoms with Crippen LogP contribution in [0.25, 0.3) is 11.3 Å². The smallest absolute Gasteiger partial charge is 0.227 e. The van der Waals surface area contributed by atoms with Gasteiger partial charge in [0, 0.05) is 37.8 Å². The van der Waals surface area contributed by atoms with Crippen LogP contribution in [0.15, 0.2) is 36.4 Å². The summed E-state index contributed by atoms with van der Waals surface area (Å²) in [4.78, 5) is 14.4. The molecule has 3 rings (SSSR count). The number of rotatable bonds is 5. The average molecular weight is 324 g/mol. The van der Waals surface area contributed by atoms with Crippen molar-refractivity contribution in [3.63, 3.8) is 0 Å². The summed E-state index contributed by atoms with van der Waals surface area (Å²) in [5.74, 6) is 2.64. The van der Waals surface area contributed by atoms with Gasteiger partial charge in [-0.05, 0) is 32.6 Å². The molecule has 0 bridgehead atoms. The summed E-state index contributed by atoms with van der Waals surface area (Å²) in [7, 11) is 0. The lowest BCUT2D eigenvalue weighted by atomic mass is 10.0. The van der Waals surface area contributed by atoms with Crippen molar-refractivity contribution in [2.24, 2.45) is 5.92 Å². The van der Waals surface area contributed by atoms with Crippen LogP contribution in [0.5, 0.6) is 0 Å². The first kappa shape index (κ1) is 16.7. The second-order valence-electron chi connectivity index (χ2n) is 6.64. The van der Waals surface area contributed by atoms with Crippen LogP contribution in [0.1, 0.15) is 33.6 Å². The molecule has 0 aliphatic carbocycles. The van der Waals surface area contributed by atoms with Gasteiger partial charge in [-0.25, -0.2) is 4.98 Å². The summed E-state index contributed by atoms with van der Waals surface area (Å²) in [6, 6.07) is 12.6. The van der Waals surface area contributed by atoms with Crippen LogP contribution in [-0.2, 0) is 0 Å². The largest absolute Gasteiger partial charge is 0.356 e. The fourth-order valence-corrected chi connectivity index (χ4v) is 3.39. The fourth-order valence-electron chi connectivity index (χ4n) is 3.39. The number of hydrogen-bond donors (Lipinski definition) is 0. The van der Waals surface area contributed by atoms with Crippen LogP contribution >= 0.6 is 0 Å². The monoisotopic (exact) mass is 324 g/mol. The quantitative estimate of drug-likeness (QED) is 0.824. The van der Waals surface area contributed by atoms with Gasteiger partial charge in [0.2, 0.25) is 5.95 Å². The molecule has 0 spiro atoms. The van der Waals surface area contributed by atoms with E-state index in [4.69, 9.17) is 9.97 Å². The zero-order valence-corrected chi connectivity index (χ0v) is 15.1. The molecule has 1 aromatic carbocycles. The Morgan fingerprint density at radius 3 is 2.54 bits per heavy atom. The molecule has 4 heteroatoms. The van der Waals surface area contributed by atoms with E-state index in [1.165, 1.54) is 12.8 Å². The van der Waals surface area contributed by atoms with E-state index in [0.717, 1.165) is 55.1 Å². The molecule has 1 aromatic heterocycles. The summed E-state index contributed by atoms with van der Waals surface area (Å²) < 4.78 is 0. The highest BCUT2D eigenvalue weighted by atomic mass is 15.3. The molecule has 0 N–H and O–H groups in total. The van der Waals surface area contributed by atoms with E-state index < -0.39 is 0 Å². The normalized spacial score (nSPS) is 17.8. The predicted octanol–water partition coefficient (Wildman–Crippen LogP) is 4.23. The maximum atomic E-state index is 4.90. The molecule has 0 radical (unpaired) electrons. The molecular weight excluding hydrogens is 296 g/mol. The first-order chi connectivity index (χ1) is 11.7. The van der Waals surface area contributed by atoms with E-state index in [0.29, 0.717) is 0 Å². The van der Waals surface area contributed by atoms with Gasteiger partial charge in [-0.15, -0.1) is 0 Å². The third-order valence-electron chi connectivity index (χ3n) is 4.80. The van der Waals surface area contributed by atoms with Gasteiger partial charge in [-0.2, -0.15) is 4.98 Å². The molecule has 1 aliphatic rings. The van der Waals surface area contributed by atoms with Crippen LogP contribution in [0.4, 0.5) is 11.8 Å². The molecule has 24 heavy (non-hydrogen) atoms. The van der Waals surface area contributed by atoms with Crippen molar-refractivity contribution in [2.75, 3.05) is 36.0 Å². The number of benzene rings is 1. The van der Waals surface area contributed by atoms with E-state index in [-0.39, 0.29) is 0 Å². The predicted molar refractivity (Wildman–Crippen MR) is 102 cm³/mol. The number of nitrogens with zero attached hydrogens (tertiary/aromatic N) is 4.